The zero-order valence-corrected chi connectivity index (χ0v) is 16.9. The first-order valence-corrected chi connectivity index (χ1v) is 9.46. The molecule has 27 heavy (non-hydrogen) atoms. The summed E-state index contributed by atoms with van der Waals surface area (Å²) in [6, 6.07) is 18.0. The molecule has 5 nitrogen and oxygen atoms in total. The molecule has 1 heterocycles. The monoisotopic (exact) mass is 439 g/mol. The van der Waals surface area contributed by atoms with Gasteiger partial charge in [-0.15, -0.1) is 6.58 Å². The van der Waals surface area contributed by atoms with Crippen molar-refractivity contribution in [1.29, 1.82) is 0 Å². The van der Waals surface area contributed by atoms with Crippen LogP contribution < -0.4 is 10.7 Å². The van der Waals surface area contributed by atoms with Gasteiger partial charge >= 0.3 is 0 Å². The van der Waals surface area contributed by atoms with Crippen molar-refractivity contribution in [1.82, 2.24) is 20.5 Å². The number of nitrogens with zero attached hydrogens (tertiary/aromatic N) is 3. The van der Waals surface area contributed by atoms with Gasteiger partial charge in [0.2, 0.25) is 0 Å². The summed E-state index contributed by atoms with van der Waals surface area (Å²) in [5.74, 6) is 0. The zero-order valence-electron chi connectivity index (χ0n) is 14.5. The van der Waals surface area contributed by atoms with Gasteiger partial charge in [0.25, 0.3) is 0 Å². The number of para-hydroxylation sites is 1. The molecule has 0 aliphatic carbocycles. The predicted molar refractivity (Wildman–Crippen MR) is 118 cm³/mol. The van der Waals surface area contributed by atoms with Crippen molar-refractivity contribution >= 4 is 39.5 Å². The van der Waals surface area contributed by atoms with E-state index in [9.17, 15) is 0 Å². The van der Waals surface area contributed by atoms with Crippen LogP contribution in [-0.2, 0) is 0 Å². The quantitative estimate of drug-likeness (QED) is 0.260. The Morgan fingerprint density at radius 3 is 2.63 bits per heavy atom. The number of hydrogen-bond donors (Lipinski definition) is 2. The van der Waals surface area contributed by atoms with E-state index in [-0.39, 0.29) is 0 Å². The maximum Gasteiger partial charge on any atom is 0.187 e. The summed E-state index contributed by atoms with van der Waals surface area (Å²) in [6.45, 7) is 4.22. The van der Waals surface area contributed by atoms with Crippen LogP contribution in [0.2, 0.25) is 0 Å². The number of rotatable bonds is 6. The minimum atomic E-state index is 0.437. The first-order chi connectivity index (χ1) is 13.2. The third-order valence-electron chi connectivity index (χ3n) is 3.66. The molecule has 0 fully saturated rings. The molecule has 0 saturated carbocycles. The van der Waals surface area contributed by atoms with Gasteiger partial charge in [-0.1, -0.05) is 52.3 Å². The van der Waals surface area contributed by atoms with Crippen LogP contribution in [0.15, 0.2) is 83.0 Å². The molecule has 0 aliphatic heterocycles. The maximum atomic E-state index is 5.15. The Labute approximate surface area is 171 Å². The number of aromatic nitrogens is 2. The summed E-state index contributed by atoms with van der Waals surface area (Å²) in [5, 5.41) is 12.4. The van der Waals surface area contributed by atoms with Crippen LogP contribution in [0, 0.1) is 0 Å². The highest BCUT2D eigenvalue weighted by atomic mass is 79.9. The lowest BCUT2D eigenvalue weighted by molar-refractivity contribution is 0.884. The molecule has 2 N–H and O–H groups in total. The van der Waals surface area contributed by atoms with E-state index in [0.29, 0.717) is 11.7 Å². The number of hydrazone groups is 1. The van der Waals surface area contributed by atoms with Gasteiger partial charge in [-0.3, -0.25) is 5.43 Å². The molecule has 1 aromatic heterocycles. The molecule has 136 valence electrons. The Morgan fingerprint density at radius 2 is 1.93 bits per heavy atom. The Morgan fingerprint density at radius 1 is 1.19 bits per heavy atom. The van der Waals surface area contributed by atoms with Crippen molar-refractivity contribution in [2.24, 2.45) is 5.10 Å². The molecule has 0 unspecified atom stereocenters. The lowest BCUT2D eigenvalue weighted by atomic mass is 10.1. The van der Waals surface area contributed by atoms with E-state index in [1.54, 1.807) is 12.3 Å². The summed E-state index contributed by atoms with van der Waals surface area (Å²) < 4.78 is 2.86. The minimum Gasteiger partial charge on any atom is -0.358 e. The highest BCUT2D eigenvalue weighted by Crippen LogP contribution is 2.24. The van der Waals surface area contributed by atoms with Crippen molar-refractivity contribution in [3.8, 4) is 16.9 Å². The smallest absolute Gasteiger partial charge is 0.187 e. The molecule has 3 rings (SSSR count). The van der Waals surface area contributed by atoms with Crippen molar-refractivity contribution in [3.05, 3.63) is 83.5 Å². The van der Waals surface area contributed by atoms with E-state index >= 15 is 0 Å². The van der Waals surface area contributed by atoms with Crippen LogP contribution in [0.5, 0.6) is 0 Å². The highest BCUT2D eigenvalue weighted by Gasteiger charge is 2.11. The van der Waals surface area contributed by atoms with Gasteiger partial charge < -0.3 is 5.32 Å². The molecule has 0 amide bonds. The second kappa shape index (κ2) is 9.25. The van der Waals surface area contributed by atoms with Gasteiger partial charge in [0.05, 0.1) is 11.9 Å². The van der Waals surface area contributed by atoms with Crippen molar-refractivity contribution in [2.45, 2.75) is 0 Å². The molecule has 3 aromatic rings. The molecule has 0 aliphatic rings. The summed E-state index contributed by atoms with van der Waals surface area (Å²) in [7, 11) is 0. The summed E-state index contributed by atoms with van der Waals surface area (Å²) in [4.78, 5) is 0. The number of hydrogen-bond acceptors (Lipinski definition) is 3. The molecular weight excluding hydrogens is 422 g/mol. The van der Waals surface area contributed by atoms with E-state index in [1.807, 2.05) is 65.5 Å². The summed E-state index contributed by atoms with van der Waals surface area (Å²) in [5.41, 5.74) is 6.49. The Balaban J connectivity index is 1.90. The van der Waals surface area contributed by atoms with E-state index in [4.69, 9.17) is 17.3 Å². The predicted octanol–water partition coefficient (Wildman–Crippen LogP) is 4.29. The fourth-order valence-corrected chi connectivity index (χ4v) is 2.79. The first-order valence-electron chi connectivity index (χ1n) is 8.26. The molecule has 0 spiro atoms. The van der Waals surface area contributed by atoms with Crippen LogP contribution in [-0.4, -0.2) is 27.7 Å². The number of benzene rings is 2. The van der Waals surface area contributed by atoms with Crippen LogP contribution >= 0.6 is 28.1 Å². The van der Waals surface area contributed by atoms with Crippen molar-refractivity contribution < 1.29 is 0 Å². The second-order valence-corrected chi connectivity index (χ2v) is 6.91. The summed E-state index contributed by atoms with van der Waals surface area (Å²) in [6.07, 6.45) is 5.39. The normalized spacial score (nSPS) is 10.7. The van der Waals surface area contributed by atoms with E-state index in [1.165, 1.54) is 0 Å². The molecule has 0 saturated heterocycles. The van der Waals surface area contributed by atoms with Crippen LogP contribution in [0.1, 0.15) is 5.56 Å². The van der Waals surface area contributed by atoms with E-state index < -0.39 is 0 Å². The zero-order chi connectivity index (χ0) is 19.1. The third kappa shape index (κ3) is 5.12. The van der Waals surface area contributed by atoms with Crippen LogP contribution in [0.4, 0.5) is 0 Å². The van der Waals surface area contributed by atoms with Gasteiger partial charge in [0.1, 0.15) is 5.69 Å². The van der Waals surface area contributed by atoms with Gasteiger partial charge in [0, 0.05) is 28.3 Å². The fraction of sp³-hybridized carbons (Fsp3) is 0.0500. The lowest BCUT2D eigenvalue weighted by Crippen LogP contribution is -2.31. The summed E-state index contributed by atoms with van der Waals surface area (Å²) >= 11 is 8.61. The number of halogens is 1. The molecule has 0 atom stereocenters. The third-order valence-corrected chi connectivity index (χ3v) is 4.42. The van der Waals surface area contributed by atoms with Gasteiger partial charge in [0.15, 0.2) is 5.11 Å². The van der Waals surface area contributed by atoms with Crippen LogP contribution in [0.3, 0.4) is 0 Å². The topological polar surface area (TPSA) is 54.2 Å². The number of thiocarbonyl (C=S) groups is 1. The lowest BCUT2D eigenvalue weighted by Gasteiger charge is -2.03. The maximum absolute atomic E-state index is 5.15. The Hall–Kier alpha value is -2.77. The highest BCUT2D eigenvalue weighted by molar-refractivity contribution is 9.10. The molecular formula is C20H18BrN5S. The Bertz CT molecular complexity index is 948. The molecule has 0 radical (unpaired) electrons. The average molecular weight is 440 g/mol. The first kappa shape index (κ1) is 19.0. The van der Waals surface area contributed by atoms with Gasteiger partial charge in [-0.2, -0.15) is 10.2 Å². The van der Waals surface area contributed by atoms with E-state index in [2.05, 4.69) is 38.4 Å². The molecule has 2 aromatic carbocycles. The van der Waals surface area contributed by atoms with Crippen molar-refractivity contribution in [3.63, 3.8) is 0 Å². The van der Waals surface area contributed by atoms with Crippen LogP contribution in [0.25, 0.3) is 16.9 Å². The average Bonchev–Trinajstić information content (AvgIpc) is 3.12. The SMILES string of the molecule is C=CCNC(=S)NN=Cc1cn(-c2ccccc2)nc1-c1ccc(Br)cc1. The largest absolute Gasteiger partial charge is 0.358 e. The molecule has 7 heteroatoms. The number of nitrogens with one attached hydrogen (secondary N) is 2. The Kier molecular flexibility index (Phi) is 6.51. The molecule has 0 bridgehead atoms. The van der Waals surface area contributed by atoms with Crippen molar-refractivity contribution in [2.75, 3.05) is 6.54 Å². The standard InChI is InChI=1S/C20H18BrN5S/c1-2-12-22-20(27)24-23-13-16-14-26(18-6-4-3-5-7-18)25-19(16)15-8-10-17(21)11-9-15/h2-11,13-14H,1,12H2,(H2,22,24,27). The van der Waals surface area contributed by atoms with E-state index in [0.717, 1.165) is 27.0 Å². The second-order valence-electron chi connectivity index (χ2n) is 5.59. The van der Waals surface area contributed by atoms with Gasteiger partial charge in [-0.25, -0.2) is 4.68 Å². The minimum absolute atomic E-state index is 0.437. The fourth-order valence-electron chi connectivity index (χ4n) is 2.39. The van der Waals surface area contributed by atoms with Gasteiger partial charge in [-0.05, 0) is 36.5 Å².